The molecule has 20 heavy (non-hydrogen) atoms. The van der Waals surface area contributed by atoms with Crippen LogP contribution in [0, 0.1) is 13.8 Å². The number of rotatable bonds is 5. The zero-order chi connectivity index (χ0) is 14.5. The van der Waals surface area contributed by atoms with Gasteiger partial charge in [-0.1, -0.05) is 17.7 Å². The molecule has 1 unspecified atom stereocenters. The second-order valence-corrected chi connectivity index (χ2v) is 5.15. The van der Waals surface area contributed by atoms with Gasteiger partial charge in [-0.15, -0.1) is 0 Å². The van der Waals surface area contributed by atoms with Crippen molar-refractivity contribution in [3.8, 4) is 5.75 Å². The summed E-state index contributed by atoms with van der Waals surface area (Å²) in [5.41, 5.74) is 4.92. The van der Waals surface area contributed by atoms with Crippen LogP contribution in [0.1, 0.15) is 35.2 Å². The molecule has 0 aliphatic rings. The zero-order valence-corrected chi connectivity index (χ0v) is 12.6. The standard InChI is InChI=1S/C17H22N2O/c1-12-5-6-17(20-4)16(9-12)14(3)19-11-15-10-18-8-7-13(15)2/h5-10,14,19H,11H2,1-4H3. The van der Waals surface area contributed by atoms with E-state index in [1.165, 1.54) is 22.3 Å². The molecule has 0 aliphatic carbocycles. The van der Waals surface area contributed by atoms with Gasteiger partial charge in [0, 0.05) is 30.5 Å². The fraction of sp³-hybridized carbons (Fsp3) is 0.353. The second kappa shape index (κ2) is 6.53. The Hall–Kier alpha value is -1.87. The SMILES string of the molecule is COc1ccc(C)cc1C(C)NCc1cnccc1C. The summed E-state index contributed by atoms with van der Waals surface area (Å²) in [4.78, 5) is 4.18. The number of hydrogen-bond acceptors (Lipinski definition) is 3. The highest BCUT2D eigenvalue weighted by molar-refractivity contribution is 5.39. The largest absolute Gasteiger partial charge is 0.496 e. The lowest BCUT2D eigenvalue weighted by molar-refractivity contribution is 0.401. The first kappa shape index (κ1) is 14.5. The minimum Gasteiger partial charge on any atom is -0.496 e. The van der Waals surface area contributed by atoms with Crippen LogP contribution in [0.15, 0.2) is 36.7 Å². The third-order valence-electron chi connectivity index (χ3n) is 3.60. The maximum absolute atomic E-state index is 5.44. The summed E-state index contributed by atoms with van der Waals surface area (Å²) in [5, 5.41) is 3.54. The first-order valence-corrected chi connectivity index (χ1v) is 6.89. The smallest absolute Gasteiger partial charge is 0.123 e. The number of pyridine rings is 1. The van der Waals surface area contributed by atoms with Crippen molar-refractivity contribution in [3.05, 3.63) is 58.9 Å². The minimum absolute atomic E-state index is 0.226. The van der Waals surface area contributed by atoms with Gasteiger partial charge in [-0.25, -0.2) is 0 Å². The molecule has 2 rings (SSSR count). The van der Waals surface area contributed by atoms with Crippen LogP contribution >= 0.6 is 0 Å². The quantitative estimate of drug-likeness (QED) is 0.902. The van der Waals surface area contributed by atoms with Crippen LogP contribution in [0.4, 0.5) is 0 Å². The van der Waals surface area contributed by atoms with E-state index in [0.29, 0.717) is 0 Å². The number of benzene rings is 1. The van der Waals surface area contributed by atoms with Gasteiger partial charge in [0.05, 0.1) is 7.11 Å². The molecule has 0 amide bonds. The number of hydrogen-bond donors (Lipinski definition) is 1. The molecule has 0 saturated heterocycles. The van der Waals surface area contributed by atoms with Crippen molar-refractivity contribution in [1.82, 2.24) is 10.3 Å². The topological polar surface area (TPSA) is 34.1 Å². The van der Waals surface area contributed by atoms with Gasteiger partial charge >= 0.3 is 0 Å². The monoisotopic (exact) mass is 270 g/mol. The summed E-state index contributed by atoms with van der Waals surface area (Å²) in [6.07, 6.45) is 3.74. The van der Waals surface area contributed by atoms with E-state index in [9.17, 15) is 0 Å². The Morgan fingerprint density at radius 1 is 1.25 bits per heavy atom. The van der Waals surface area contributed by atoms with Crippen molar-refractivity contribution in [2.75, 3.05) is 7.11 Å². The van der Waals surface area contributed by atoms with Gasteiger partial charge < -0.3 is 10.1 Å². The maximum atomic E-state index is 5.44. The summed E-state index contributed by atoms with van der Waals surface area (Å²) >= 11 is 0. The van der Waals surface area contributed by atoms with Crippen LogP contribution in [-0.2, 0) is 6.54 Å². The number of nitrogens with one attached hydrogen (secondary N) is 1. The molecule has 3 nitrogen and oxygen atoms in total. The van der Waals surface area contributed by atoms with Gasteiger partial charge in [-0.05, 0) is 44.0 Å². The summed E-state index contributed by atoms with van der Waals surface area (Å²) in [5.74, 6) is 0.929. The van der Waals surface area contributed by atoms with Crippen molar-refractivity contribution >= 4 is 0 Å². The molecule has 1 N–H and O–H groups in total. The third-order valence-corrected chi connectivity index (χ3v) is 3.60. The lowest BCUT2D eigenvalue weighted by Crippen LogP contribution is -2.19. The van der Waals surface area contributed by atoms with E-state index in [2.05, 4.69) is 43.2 Å². The summed E-state index contributed by atoms with van der Waals surface area (Å²) in [6.45, 7) is 7.17. The van der Waals surface area contributed by atoms with E-state index in [1.807, 2.05) is 24.5 Å². The van der Waals surface area contributed by atoms with Crippen LogP contribution < -0.4 is 10.1 Å². The van der Waals surface area contributed by atoms with E-state index < -0.39 is 0 Å². The van der Waals surface area contributed by atoms with Crippen molar-refractivity contribution in [1.29, 1.82) is 0 Å². The molecule has 0 saturated carbocycles. The minimum atomic E-state index is 0.226. The Balaban J connectivity index is 2.11. The van der Waals surface area contributed by atoms with Gasteiger partial charge in [-0.2, -0.15) is 0 Å². The Morgan fingerprint density at radius 3 is 2.75 bits per heavy atom. The number of aryl methyl sites for hydroxylation is 2. The predicted molar refractivity (Wildman–Crippen MR) is 82.0 cm³/mol. The second-order valence-electron chi connectivity index (χ2n) is 5.15. The van der Waals surface area contributed by atoms with Crippen LogP contribution in [0.3, 0.4) is 0 Å². The summed E-state index contributed by atoms with van der Waals surface area (Å²) < 4.78 is 5.44. The zero-order valence-electron chi connectivity index (χ0n) is 12.6. The molecule has 2 aromatic rings. The molecule has 0 aliphatic heterocycles. The molecule has 0 fully saturated rings. The first-order chi connectivity index (χ1) is 9.61. The van der Waals surface area contributed by atoms with E-state index in [1.54, 1.807) is 7.11 Å². The molecule has 0 bridgehead atoms. The highest BCUT2D eigenvalue weighted by Crippen LogP contribution is 2.26. The lowest BCUT2D eigenvalue weighted by atomic mass is 10.0. The number of nitrogens with zero attached hydrogens (tertiary/aromatic N) is 1. The van der Waals surface area contributed by atoms with E-state index in [4.69, 9.17) is 4.74 Å². The normalized spacial score (nSPS) is 12.2. The maximum Gasteiger partial charge on any atom is 0.123 e. The van der Waals surface area contributed by atoms with Gasteiger partial charge in [-0.3, -0.25) is 4.98 Å². The van der Waals surface area contributed by atoms with Crippen molar-refractivity contribution in [2.45, 2.75) is 33.4 Å². The van der Waals surface area contributed by atoms with Crippen LogP contribution in [0.25, 0.3) is 0 Å². The molecular formula is C17H22N2O. The van der Waals surface area contributed by atoms with E-state index in [-0.39, 0.29) is 6.04 Å². The van der Waals surface area contributed by atoms with Crippen LogP contribution in [-0.4, -0.2) is 12.1 Å². The van der Waals surface area contributed by atoms with Gasteiger partial charge in [0.1, 0.15) is 5.75 Å². The highest BCUT2D eigenvalue weighted by Gasteiger charge is 2.11. The third kappa shape index (κ3) is 3.36. The number of methoxy groups -OCH3 is 1. The molecule has 0 spiro atoms. The Kier molecular flexibility index (Phi) is 4.74. The average Bonchev–Trinajstić information content (AvgIpc) is 2.46. The Labute approximate surface area is 121 Å². The fourth-order valence-electron chi connectivity index (χ4n) is 2.25. The molecule has 1 aromatic carbocycles. The predicted octanol–water partition coefficient (Wildman–Crippen LogP) is 3.56. The number of aromatic nitrogens is 1. The highest BCUT2D eigenvalue weighted by atomic mass is 16.5. The van der Waals surface area contributed by atoms with Gasteiger partial charge in [0.2, 0.25) is 0 Å². The molecular weight excluding hydrogens is 248 g/mol. The van der Waals surface area contributed by atoms with E-state index in [0.717, 1.165) is 12.3 Å². The van der Waals surface area contributed by atoms with Crippen molar-refractivity contribution in [2.24, 2.45) is 0 Å². The molecule has 1 atom stereocenters. The van der Waals surface area contributed by atoms with Crippen molar-refractivity contribution < 1.29 is 4.74 Å². The van der Waals surface area contributed by atoms with Gasteiger partial charge in [0.15, 0.2) is 0 Å². The molecule has 106 valence electrons. The fourth-order valence-corrected chi connectivity index (χ4v) is 2.25. The first-order valence-electron chi connectivity index (χ1n) is 6.89. The Morgan fingerprint density at radius 2 is 2.05 bits per heavy atom. The number of ether oxygens (including phenoxy) is 1. The summed E-state index contributed by atoms with van der Waals surface area (Å²) in [7, 11) is 1.71. The molecule has 3 heteroatoms. The summed E-state index contributed by atoms with van der Waals surface area (Å²) in [6, 6.07) is 8.53. The molecule has 1 aromatic heterocycles. The molecule has 0 radical (unpaired) electrons. The lowest BCUT2D eigenvalue weighted by Gasteiger charge is -2.18. The Bertz CT molecular complexity index is 581. The van der Waals surface area contributed by atoms with E-state index >= 15 is 0 Å². The van der Waals surface area contributed by atoms with Crippen LogP contribution in [0.5, 0.6) is 5.75 Å². The van der Waals surface area contributed by atoms with Gasteiger partial charge in [0.25, 0.3) is 0 Å². The average molecular weight is 270 g/mol. The van der Waals surface area contributed by atoms with Crippen molar-refractivity contribution in [3.63, 3.8) is 0 Å². The van der Waals surface area contributed by atoms with Crippen LogP contribution in [0.2, 0.25) is 0 Å². The molecule has 1 heterocycles.